The second-order valence-electron chi connectivity index (χ2n) is 5.59. The maximum absolute atomic E-state index is 12.6. The molecular formula is C17H17ClN4O2. The molecule has 1 amide bonds. The zero-order valence-electron chi connectivity index (χ0n) is 13.8. The van der Waals surface area contributed by atoms with E-state index in [1.165, 1.54) is 7.11 Å². The molecule has 0 unspecified atom stereocenters. The summed E-state index contributed by atoms with van der Waals surface area (Å²) in [5, 5.41) is 7.74. The number of nitrogens with zero attached hydrogens (tertiary/aromatic N) is 3. The van der Waals surface area contributed by atoms with E-state index in [4.69, 9.17) is 16.3 Å². The molecule has 0 fully saturated rings. The van der Waals surface area contributed by atoms with E-state index in [0.29, 0.717) is 27.8 Å². The van der Waals surface area contributed by atoms with Gasteiger partial charge in [-0.05, 0) is 38.5 Å². The van der Waals surface area contributed by atoms with Crippen LogP contribution in [0, 0.1) is 20.8 Å². The maximum atomic E-state index is 12.6. The molecule has 3 rings (SSSR count). The normalized spacial score (nSPS) is 10.9. The Morgan fingerprint density at radius 2 is 1.96 bits per heavy atom. The third-order valence-electron chi connectivity index (χ3n) is 3.69. The van der Waals surface area contributed by atoms with Gasteiger partial charge in [0, 0.05) is 22.8 Å². The predicted octanol–water partition coefficient (Wildman–Crippen LogP) is 3.57. The summed E-state index contributed by atoms with van der Waals surface area (Å²) in [6.45, 7) is 5.63. The minimum Gasteiger partial charge on any atom is -0.495 e. The Morgan fingerprint density at radius 1 is 1.21 bits per heavy atom. The molecule has 0 bridgehead atoms. The number of aromatic nitrogens is 3. The number of amides is 1. The van der Waals surface area contributed by atoms with E-state index in [2.05, 4.69) is 15.4 Å². The number of aryl methyl sites for hydroxylation is 3. The summed E-state index contributed by atoms with van der Waals surface area (Å²) >= 11 is 6.09. The highest BCUT2D eigenvalue weighted by Gasteiger charge is 2.15. The van der Waals surface area contributed by atoms with Gasteiger partial charge in [-0.2, -0.15) is 5.10 Å². The summed E-state index contributed by atoms with van der Waals surface area (Å²) in [6, 6.07) is 6.98. The average molecular weight is 345 g/mol. The van der Waals surface area contributed by atoms with Crippen molar-refractivity contribution in [2.75, 3.05) is 12.4 Å². The second-order valence-corrected chi connectivity index (χ2v) is 6.00. The van der Waals surface area contributed by atoms with Gasteiger partial charge in [0.05, 0.1) is 18.5 Å². The molecule has 0 aliphatic heterocycles. The van der Waals surface area contributed by atoms with Crippen LogP contribution >= 0.6 is 11.6 Å². The van der Waals surface area contributed by atoms with Crippen LogP contribution in [0.5, 0.6) is 5.75 Å². The zero-order valence-corrected chi connectivity index (χ0v) is 14.6. The number of carbonyl (C=O) groups is 1. The van der Waals surface area contributed by atoms with Crippen LogP contribution in [0.2, 0.25) is 5.02 Å². The summed E-state index contributed by atoms with van der Waals surface area (Å²) in [6.07, 6.45) is 0. The highest BCUT2D eigenvalue weighted by Crippen LogP contribution is 2.31. The number of methoxy groups -OCH3 is 1. The molecule has 0 atom stereocenters. The number of halogens is 1. The molecule has 2 aromatic heterocycles. The Labute approximate surface area is 144 Å². The molecule has 24 heavy (non-hydrogen) atoms. The first-order valence-corrected chi connectivity index (χ1v) is 7.76. The molecule has 2 heterocycles. The minimum atomic E-state index is -0.320. The standard InChI is InChI=1S/C17H17ClN4O2/c1-9-5-13(15(24-4)8-12(9)18)20-17(23)14-7-11(3)22-16(19-14)6-10(2)21-22/h5-8H,1-4H3,(H,20,23). The zero-order chi connectivity index (χ0) is 17.4. The first-order chi connectivity index (χ1) is 11.4. The molecule has 1 aromatic carbocycles. The molecule has 0 aliphatic carbocycles. The van der Waals surface area contributed by atoms with E-state index in [9.17, 15) is 4.79 Å². The van der Waals surface area contributed by atoms with Gasteiger partial charge in [0.2, 0.25) is 0 Å². The fourth-order valence-electron chi connectivity index (χ4n) is 2.47. The van der Waals surface area contributed by atoms with Crippen LogP contribution in [-0.2, 0) is 0 Å². The summed E-state index contributed by atoms with van der Waals surface area (Å²) in [5.74, 6) is 0.177. The molecule has 0 radical (unpaired) electrons. The van der Waals surface area contributed by atoms with E-state index in [1.807, 2.05) is 26.8 Å². The van der Waals surface area contributed by atoms with E-state index < -0.39 is 0 Å². The third kappa shape index (κ3) is 2.92. The molecule has 7 heteroatoms. The SMILES string of the molecule is COc1cc(Cl)c(C)cc1NC(=O)c1cc(C)n2nc(C)cc2n1. The van der Waals surface area contributed by atoms with Crippen molar-refractivity contribution in [2.45, 2.75) is 20.8 Å². The number of nitrogens with one attached hydrogen (secondary N) is 1. The largest absolute Gasteiger partial charge is 0.495 e. The molecule has 124 valence electrons. The van der Waals surface area contributed by atoms with Crippen molar-refractivity contribution >= 4 is 28.8 Å². The Morgan fingerprint density at radius 3 is 2.67 bits per heavy atom. The summed E-state index contributed by atoms with van der Waals surface area (Å²) in [4.78, 5) is 17.0. The summed E-state index contributed by atoms with van der Waals surface area (Å²) < 4.78 is 6.99. The molecule has 3 aromatic rings. The number of rotatable bonds is 3. The Hall–Kier alpha value is -2.60. The van der Waals surface area contributed by atoms with Gasteiger partial charge >= 0.3 is 0 Å². The van der Waals surface area contributed by atoms with E-state index >= 15 is 0 Å². The molecule has 6 nitrogen and oxygen atoms in total. The lowest BCUT2D eigenvalue weighted by atomic mass is 10.2. The van der Waals surface area contributed by atoms with Crippen LogP contribution in [0.3, 0.4) is 0 Å². The monoisotopic (exact) mass is 344 g/mol. The van der Waals surface area contributed by atoms with Gasteiger partial charge < -0.3 is 10.1 Å². The van der Waals surface area contributed by atoms with Gasteiger partial charge in [0.25, 0.3) is 5.91 Å². The van der Waals surface area contributed by atoms with Gasteiger partial charge in [-0.3, -0.25) is 4.79 Å². The molecule has 0 saturated heterocycles. The van der Waals surface area contributed by atoms with Crippen LogP contribution in [0.15, 0.2) is 24.3 Å². The lowest BCUT2D eigenvalue weighted by Crippen LogP contribution is -2.16. The van der Waals surface area contributed by atoms with Gasteiger partial charge in [0.15, 0.2) is 5.65 Å². The number of ether oxygens (including phenoxy) is 1. The van der Waals surface area contributed by atoms with Gasteiger partial charge in [-0.25, -0.2) is 9.50 Å². The Kier molecular flexibility index (Phi) is 4.15. The average Bonchev–Trinajstić information content (AvgIpc) is 2.91. The smallest absolute Gasteiger partial charge is 0.274 e. The highest BCUT2D eigenvalue weighted by atomic mass is 35.5. The fourth-order valence-corrected chi connectivity index (χ4v) is 2.63. The van der Waals surface area contributed by atoms with Crippen molar-refractivity contribution < 1.29 is 9.53 Å². The number of benzene rings is 1. The second kappa shape index (κ2) is 6.13. The van der Waals surface area contributed by atoms with Crippen LogP contribution in [0.1, 0.15) is 27.4 Å². The van der Waals surface area contributed by atoms with Crippen LogP contribution < -0.4 is 10.1 Å². The molecule has 0 spiro atoms. The molecule has 1 N–H and O–H groups in total. The highest BCUT2D eigenvalue weighted by molar-refractivity contribution is 6.31. The van der Waals surface area contributed by atoms with Crippen molar-refractivity contribution in [3.63, 3.8) is 0 Å². The topological polar surface area (TPSA) is 68.5 Å². The number of hydrogen-bond donors (Lipinski definition) is 1. The van der Waals surface area contributed by atoms with Crippen molar-refractivity contribution in [2.24, 2.45) is 0 Å². The van der Waals surface area contributed by atoms with Gasteiger partial charge in [-0.1, -0.05) is 11.6 Å². The quantitative estimate of drug-likeness (QED) is 0.788. The predicted molar refractivity (Wildman–Crippen MR) is 93.2 cm³/mol. The summed E-state index contributed by atoms with van der Waals surface area (Å²) in [7, 11) is 1.53. The van der Waals surface area contributed by atoms with Crippen molar-refractivity contribution in [1.29, 1.82) is 0 Å². The fraction of sp³-hybridized carbons (Fsp3) is 0.235. The van der Waals surface area contributed by atoms with Crippen molar-refractivity contribution in [3.8, 4) is 5.75 Å². The Balaban J connectivity index is 1.97. The van der Waals surface area contributed by atoms with Crippen LogP contribution in [0.25, 0.3) is 5.65 Å². The summed E-state index contributed by atoms with van der Waals surface area (Å²) in [5.41, 5.74) is 4.02. The number of anilines is 1. The van der Waals surface area contributed by atoms with Crippen LogP contribution in [0.4, 0.5) is 5.69 Å². The van der Waals surface area contributed by atoms with Gasteiger partial charge in [0.1, 0.15) is 11.4 Å². The first kappa shape index (κ1) is 16.3. The lowest BCUT2D eigenvalue weighted by Gasteiger charge is -2.12. The van der Waals surface area contributed by atoms with Crippen LogP contribution in [-0.4, -0.2) is 27.6 Å². The van der Waals surface area contributed by atoms with Crippen molar-refractivity contribution in [3.05, 3.63) is 51.9 Å². The molecule has 0 aliphatic rings. The van der Waals surface area contributed by atoms with E-state index in [1.54, 1.807) is 22.7 Å². The first-order valence-electron chi connectivity index (χ1n) is 7.38. The third-order valence-corrected chi connectivity index (χ3v) is 4.10. The van der Waals surface area contributed by atoms with Gasteiger partial charge in [-0.15, -0.1) is 0 Å². The Bertz CT molecular complexity index is 949. The minimum absolute atomic E-state index is 0.314. The maximum Gasteiger partial charge on any atom is 0.274 e. The lowest BCUT2D eigenvalue weighted by molar-refractivity contribution is 0.102. The molecular weight excluding hydrogens is 328 g/mol. The molecule has 0 saturated carbocycles. The van der Waals surface area contributed by atoms with E-state index in [0.717, 1.165) is 17.0 Å². The van der Waals surface area contributed by atoms with Crippen molar-refractivity contribution in [1.82, 2.24) is 14.6 Å². The number of carbonyl (C=O) groups excluding carboxylic acids is 1. The number of hydrogen-bond acceptors (Lipinski definition) is 4. The van der Waals surface area contributed by atoms with E-state index in [-0.39, 0.29) is 5.91 Å². The number of fused-ring (bicyclic) bond motifs is 1.